The largest absolute Gasteiger partial charge is 0.320 e. The van der Waals surface area contributed by atoms with Crippen LogP contribution in [0, 0.1) is 5.92 Å². The maximum absolute atomic E-state index is 12.2. The van der Waals surface area contributed by atoms with E-state index in [0.29, 0.717) is 25.8 Å². The molecule has 2 aliphatic rings. The van der Waals surface area contributed by atoms with Crippen molar-refractivity contribution >= 4 is 11.8 Å². The van der Waals surface area contributed by atoms with Crippen LogP contribution in [0.3, 0.4) is 0 Å². The van der Waals surface area contributed by atoms with Gasteiger partial charge in [-0.15, -0.1) is 0 Å². The van der Waals surface area contributed by atoms with Gasteiger partial charge in [-0.05, 0) is 5.92 Å². The summed E-state index contributed by atoms with van der Waals surface area (Å²) in [4.78, 5) is 27.6. The Kier molecular flexibility index (Phi) is 4.19. The van der Waals surface area contributed by atoms with Crippen molar-refractivity contribution in [3.8, 4) is 0 Å². The fourth-order valence-electron chi connectivity index (χ4n) is 2.50. The summed E-state index contributed by atoms with van der Waals surface area (Å²) in [6.45, 7) is 7.39. The van der Waals surface area contributed by atoms with E-state index in [1.807, 2.05) is 0 Å². The van der Waals surface area contributed by atoms with Gasteiger partial charge in [0.05, 0.1) is 13.3 Å². The molecule has 2 atom stereocenters. The minimum Gasteiger partial charge on any atom is -0.320 e. The zero-order valence-corrected chi connectivity index (χ0v) is 11.1. The third kappa shape index (κ3) is 2.49. The molecule has 0 radical (unpaired) electrons. The molecule has 0 aromatic heterocycles. The summed E-state index contributed by atoms with van der Waals surface area (Å²) >= 11 is 0. The summed E-state index contributed by atoms with van der Waals surface area (Å²) in [5.74, 6) is -0.334. The average molecular weight is 254 g/mol. The Bertz CT molecular complexity index is 328. The molecule has 2 aliphatic heterocycles. The predicted molar refractivity (Wildman–Crippen MR) is 67.5 cm³/mol. The standard InChI is InChI=1S/C12H22N4O2/c1-3-9(2)10-6-14-8-16(10)12(18)11(17)15-5-4-13-7-15/h9-10,13-14H,3-8H2,1-2H3. The number of carbonyl (C=O) groups is 2. The van der Waals surface area contributed by atoms with Gasteiger partial charge in [-0.3, -0.25) is 20.2 Å². The minimum absolute atomic E-state index is 0.141. The van der Waals surface area contributed by atoms with Crippen LogP contribution >= 0.6 is 0 Å². The predicted octanol–water partition coefficient (Wildman–Crippen LogP) is -0.820. The second-order valence-corrected chi connectivity index (χ2v) is 5.07. The van der Waals surface area contributed by atoms with Gasteiger partial charge in [0.2, 0.25) is 0 Å². The zero-order valence-electron chi connectivity index (χ0n) is 11.1. The first-order chi connectivity index (χ1) is 8.65. The van der Waals surface area contributed by atoms with Gasteiger partial charge in [0.15, 0.2) is 0 Å². The van der Waals surface area contributed by atoms with Crippen LogP contribution in [0.2, 0.25) is 0 Å². The SMILES string of the molecule is CCC(C)C1CNCN1C(=O)C(=O)N1CCNC1. The van der Waals surface area contributed by atoms with E-state index >= 15 is 0 Å². The zero-order chi connectivity index (χ0) is 13.1. The fraction of sp³-hybridized carbons (Fsp3) is 0.833. The average Bonchev–Trinajstić information content (AvgIpc) is 3.06. The van der Waals surface area contributed by atoms with Gasteiger partial charge in [0, 0.05) is 25.7 Å². The third-order valence-corrected chi connectivity index (χ3v) is 3.93. The maximum atomic E-state index is 12.2. The van der Waals surface area contributed by atoms with Gasteiger partial charge in [-0.25, -0.2) is 0 Å². The molecule has 2 saturated heterocycles. The van der Waals surface area contributed by atoms with Crippen LogP contribution in [0.15, 0.2) is 0 Å². The van der Waals surface area contributed by atoms with E-state index in [4.69, 9.17) is 0 Å². The first-order valence-electron chi connectivity index (χ1n) is 6.66. The highest BCUT2D eigenvalue weighted by atomic mass is 16.2. The van der Waals surface area contributed by atoms with E-state index in [1.54, 1.807) is 9.80 Å². The maximum Gasteiger partial charge on any atom is 0.313 e. The van der Waals surface area contributed by atoms with Crippen molar-refractivity contribution in [1.82, 2.24) is 20.4 Å². The van der Waals surface area contributed by atoms with E-state index in [-0.39, 0.29) is 17.9 Å². The summed E-state index contributed by atoms with van der Waals surface area (Å²) in [6, 6.07) is 0.141. The normalized spacial score (nSPS) is 25.6. The molecular weight excluding hydrogens is 232 g/mol. The number of hydrogen-bond acceptors (Lipinski definition) is 4. The molecule has 0 saturated carbocycles. The van der Waals surface area contributed by atoms with Crippen molar-refractivity contribution in [3.63, 3.8) is 0 Å². The second-order valence-electron chi connectivity index (χ2n) is 5.07. The Hall–Kier alpha value is -1.14. The molecule has 0 bridgehead atoms. The quantitative estimate of drug-likeness (QED) is 0.632. The highest BCUT2D eigenvalue weighted by Crippen LogP contribution is 2.18. The van der Waals surface area contributed by atoms with E-state index in [1.165, 1.54) is 0 Å². The number of nitrogens with one attached hydrogen (secondary N) is 2. The van der Waals surface area contributed by atoms with Crippen LogP contribution in [0.1, 0.15) is 20.3 Å². The lowest BCUT2D eigenvalue weighted by Crippen LogP contribution is -2.48. The number of hydrogen-bond donors (Lipinski definition) is 2. The third-order valence-electron chi connectivity index (χ3n) is 3.93. The molecule has 2 N–H and O–H groups in total. The Labute approximate surface area is 108 Å². The van der Waals surface area contributed by atoms with Crippen LogP contribution in [0.4, 0.5) is 0 Å². The Morgan fingerprint density at radius 2 is 2.06 bits per heavy atom. The lowest BCUT2D eigenvalue weighted by atomic mass is 9.99. The number of carbonyl (C=O) groups excluding carboxylic acids is 2. The Balaban J connectivity index is 2.00. The molecule has 0 aromatic carbocycles. The van der Waals surface area contributed by atoms with Crippen molar-refractivity contribution in [2.45, 2.75) is 26.3 Å². The monoisotopic (exact) mass is 254 g/mol. The van der Waals surface area contributed by atoms with Gasteiger partial charge in [-0.1, -0.05) is 20.3 Å². The first kappa shape index (κ1) is 13.3. The molecule has 6 heteroatoms. The lowest BCUT2D eigenvalue weighted by molar-refractivity contribution is -0.152. The number of nitrogens with zero attached hydrogens (tertiary/aromatic N) is 2. The van der Waals surface area contributed by atoms with E-state index in [2.05, 4.69) is 24.5 Å². The molecule has 6 nitrogen and oxygen atoms in total. The van der Waals surface area contributed by atoms with Crippen molar-refractivity contribution in [1.29, 1.82) is 0 Å². The van der Waals surface area contributed by atoms with Gasteiger partial charge in [0.25, 0.3) is 0 Å². The molecule has 102 valence electrons. The lowest BCUT2D eigenvalue weighted by Gasteiger charge is -2.28. The fourth-order valence-corrected chi connectivity index (χ4v) is 2.50. The molecule has 18 heavy (non-hydrogen) atoms. The molecule has 2 rings (SSSR count). The van der Waals surface area contributed by atoms with Crippen molar-refractivity contribution < 1.29 is 9.59 Å². The van der Waals surface area contributed by atoms with E-state index in [0.717, 1.165) is 19.5 Å². The van der Waals surface area contributed by atoms with Gasteiger partial charge in [0.1, 0.15) is 0 Å². The molecule has 2 amide bonds. The highest BCUT2D eigenvalue weighted by Gasteiger charge is 2.37. The van der Waals surface area contributed by atoms with Gasteiger partial charge in [-0.2, -0.15) is 0 Å². The second kappa shape index (κ2) is 5.67. The van der Waals surface area contributed by atoms with Crippen LogP contribution in [0.25, 0.3) is 0 Å². The van der Waals surface area contributed by atoms with Crippen molar-refractivity contribution in [2.75, 3.05) is 33.0 Å². The van der Waals surface area contributed by atoms with Crippen LogP contribution < -0.4 is 10.6 Å². The molecule has 2 unspecified atom stereocenters. The first-order valence-corrected chi connectivity index (χ1v) is 6.66. The summed E-state index contributed by atoms with van der Waals surface area (Å²) in [5.41, 5.74) is 0. The topological polar surface area (TPSA) is 64.7 Å². The summed E-state index contributed by atoms with van der Waals surface area (Å²) in [5, 5.41) is 6.25. The van der Waals surface area contributed by atoms with E-state index < -0.39 is 0 Å². The van der Waals surface area contributed by atoms with Crippen LogP contribution in [-0.2, 0) is 9.59 Å². The number of rotatable bonds is 2. The summed E-state index contributed by atoms with van der Waals surface area (Å²) < 4.78 is 0. The van der Waals surface area contributed by atoms with Crippen molar-refractivity contribution in [2.24, 2.45) is 5.92 Å². The van der Waals surface area contributed by atoms with Crippen LogP contribution in [0.5, 0.6) is 0 Å². The smallest absolute Gasteiger partial charge is 0.313 e. The molecule has 0 spiro atoms. The van der Waals surface area contributed by atoms with Gasteiger partial charge >= 0.3 is 11.8 Å². The molecule has 2 heterocycles. The summed E-state index contributed by atoms with van der Waals surface area (Å²) in [7, 11) is 0. The van der Waals surface area contributed by atoms with E-state index in [9.17, 15) is 9.59 Å². The summed E-state index contributed by atoms with van der Waals surface area (Å²) in [6.07, 6.45) is 1.01. The Morgan fingerprint density at radius 1 is 1.28 bits per heavy atom. The molecule has 2 fully saturated rings. The Morgan fingerprint density at radius 3 is 2.67 bits per heavy atom. The van der Waals surface area contributed by atoms with Crippen LogP contribution in [-0.4, -0.2) is 60.6 Å². The van der Waals surface area contributed by atoms with Crippen molar-refractivity contribution in [3.05, 3.63) is 0 Å². The molecule has 0 aromatic rings. The minimum atomic E-state index is -0.378. The molecular formula is C12H22N4O2. The molecule has 0 aliphatic carbocycles. The highest BCUT2D eigenvalue weighted by molar-refractivity contribution is 6.35. The number of amides is 2. The van der Waals surface area contributed by atoms with Gasteiger partial charge < -0.3 is 9.80 Å².